The van der Waals surface area contributed by atoms with Gasteiger partial charge in [-0.1, -0.05) is 28.1 Å². The van der Waals surface area contributed by atoms with Gasteiger partial charge in [-0.05, 0) is 30.7 Å². The molecular formula is C14H10BrNO4. The molecule has 0 aliphatic carbocycles. The molecule has 0 N–H and O–H groups in total. The summed E-state index contributed by atoms with van der Waals surface area (Å²) in [6.07, 6.45) is 0.648. The van der Waals surface area contributed by atoms with Crippen LogP contribution >= 0.6 is 15.9 Å². The zero-order valence-corrected chi connectivity index (χ0v) is 12.1. The third-order valence-electron chi connectivity index (χ3n) is 2.67. The molecule has 5 nitrogen and oxygen atoms in total. The number of para-hydroxylation sites is 1. The van der Waals surface area contributed by atoms with E-state index in [4.69, 9.17) is 4.74 Å². The van der Waals surface area contributed by atoms with Crippen molar-refractivity contribution in [1.82, 2.24) is 0 Å². The first-order chi connectivity index (χ1) is 9.52. The first-order valence-corrected chi connectivity index (χ1v) is 6.49. The van der Waals surface area contributed by atoms with Gasteiger partial charge in [0, 0.05) is 10.5 Å². The van der Waals surface area contributed by atoms with Crippen molar-refractivity contribution in [2.75, 3.05) is 0 Å². The van der Waals surface area contributed by atoms with E-state index >= 15 is 0 Å². The zero-order chi connectivity index (χ0) is 14.7. The monoisotopic (exact) mass is 335 g/mol. The van der Waals surface area contributed by atoms with Crippen LogP contribution in [0.25, 0.3) is 0 Å². The molecule has 0 amide bonds. The minimum Gasteiger partial charge on any atom is -0.449 e. The summed E-state index contributed by atoms with van der Waals surface area (Å²) in [4.78, 5) is 21.5. The van der Waals surface area contributed by atoms with Gasteiger partial charge < -0.3 is 4.74 Å². The zero-order valence-electron chi connectivity index (χ0n) is 10.5. The third-order valence-corrected chi connectivity index (χ3v) is 3.13. The molecule has 2 rings (SSSR count). The number of nitro groups is 1. The lowest BCUT2D eigenvalue weighted by Gasteiger charge is -2.11. The Morgan fingerprint density at radius 1 is 1.30 bits per heavy atom. The number of ether oxygens (including phenoxy) is 1. The number of aryl methyl sites for hydroxylation is 1. The average Bonchev–Trinajstić information content (AvgIpc) is 2.41. The highest BCUT2D eigenvalue weighted by atomic mass is 79.9. The normalized spacial score (nSPS) is 10.1. The molecule has 0 radical (unpaired) electrons. The van der Waals surface area contributed by atoms with E-state index in [-0.39, 0.29) is 17.2 Å². The highest BCUT2D eigenvalue weighted by Gasteiger charge is 2.20. The molecule has 0 spiro atoms. The van der Waals surface area contributed by atoms with Gasteiger partial charge in [-0.2, -0.15) is 0 Å². The van der Waals surface area contributed by atoms with Gasteiger partial charge in [0.15, 0.2) is 6.29 Å². The molecule has 0 saturated carbocycles. The number of rotatable bonds is 4. The Balaban J connectivity index is 2.53. The van der Waals surface area contributed by atoms with Crippen molar-refractivity contribution in [3.05, 3.63) is 62.1 Å². The molecule has 0 fully saturated rings. The van der Waals surface area contributed by atoms with Gasteiger partial charge >= 0.3 is 5.69 Å². The fourth-order valence-electron chi connectivity index (χ4n) is 1.76. The highest BCUT2D eigenvalue weighted by Crippen LogP contribution is 2.37. The summed E-state index contributed by atoms with van der Waals surface area (Å²) in [5.41, 5.74) is 0.786. The summed E-state index contributed by atoms with van der Waals surface area (Å²) in [6.45, 7) is 1.70. The predicted molar refractivity (Wildman–Crippen MR) is 77.4 cm³/mol. The molecule has 2 aromatic rings. The topological polar surface area (TPSA) is 69.4 Å². The highest BCUT2D eigenvalue weighted by molar-refractivity contribution is 9.10. The Kier molecular flexibility index (Phi) is 4.14. The van der Waals surface area contributed by atoms with Gasteiger partial charge in [0.05, 0.1) is 10.5 Å². The SMILES string of the molecule is Cc1cc(Br)cc([N+](=O)[O-])c1Oc1ccccc1C=O. The maximum atomic E-state index is 11.1. The van der Waals surface area contributed by atoms with E-state index in [9.17, 15) is 14.9 Å². The van der Waals surface area contributed by atoms with Crippen molar-refractivity contribution in [2.24, 2.45) is 0 Å². The van der Waals surface area contributed by atoms with E-state index in [1.807, 2.05) is 0 Å². The minimum absolute atomic E-state index is 0.132. The standard InChI is InChI=1S/C14H10BrNO4/c1-9-6-11(15)7-12(16(18)19)14(9)20-13-5-3-2-4-10(13)8-17/h2-8H,1H3. The number of carbonyl (C=O) groups excluding carboxylic acids is 1. The Morgan fingerprint density at radius 2 is 2.00 bits per heavy atom. The van der Waals surface area contributed by atoms with E-state index in [2.05, 4.69) is 15.9 Å². The number of carbonyl (C=O) groups is 1. The molecule has 0 heterocycles. The molecule has 0 aliphatic heterocycles. The molecule has 6 heteroatoms. The first-order valence-electron chi connectivity index (χ1n) is 5.69. The van der Waals surface area contributed by atoms with Crippen LogP contribution in [-0.4, -0.2) is 11.2 Å². The lowest BCUT2D eigenvalue weighted by Crippen LogP contribution is -1.97. The summed E-state index contributed by atoms with van der Waals surface area (Å²) in [7, 11) is 0. The van der Waals surface area contributed by atoms with Gasteiger partial charge in [-0.25, -0.2) is 0 Å². The smallest absolute Gasteiger partial charge is 0.312 e. The Bertz CT molecular complexity index is 685. The predicted octanol–water partition coefficient (Wildman–Crippen LogP) is 4.27. The van der Waals surface area contributed by atoms with E-state index in [0.717, 1.165) is 0 Å². The summed E-state index contributed by atoms with van der Waals surface area (Å²) in [6, 6.07) is 9.65. The second-order valence-corrected chi connectivity index (χ2v) is 5.00. The molecule has 102 valence electrons. The van der Waals surface area contributed by atoms with Crippen molar-refractivity contribution in [2.45, 2.75) is 6.92 Å². The van der Waals surface area contributed by atoms with Crippen LogP contribution in [0.5, 0.6) is 11.5 Å². The van der Waals surface area contributed by atoms with Gasteiger partial charge in [0.1, 0.15) is 5.75 Å². The van der Waals surface area contributed by atoms with E-state index < -0.39 is 4.92 Å². The summed E-state index contributed by atoms with van der Waals surface area (Å²) in [5.74, 6) is 0.420. The van der Waals surface area contributed by atoms with Crippen LogP contribution in [0.1, 0.15) is 15.9 Å². The van der Waals surface area contributed by atoms with Crippen LogP contribution in [0.2, 0.25) is 0 Å². The van der Waals surface area contributed by atoms with Crippen LogP contribution < -0.4 is 4.74 Å². The molecule has 0 unspecified atom stereocenters. The molecule has 2 aromatic carbocycles. The number of aldehydes is 1. The van der Waals surface area contributed by atoms with Crippen molar-refractivity contribution in [3.63, 3.8) is 0 Å². The van der Waals surface area contributed by atoms with Gasteiger partial charge in [0.25, 0.3) is 0 Å². The first kappa shape index (κ1) is 14.2. The van der Waals surface area contributed by atoms with Crippen LogP contribution in [-0.2, 0) is 0 Å². The molecule has 20 heavy (non-hydrogen) atoms. The van der Waals surface area contributed by atoms with E-state index in [0.29, 0.717) is 21.9 Å². The number of nitrogens with zero attached hydrogens (tertiary/aromatic N) is 1. The van der Waals surface area contributed by atoms with E-state index in [1.165, 1.54) is 6.07 Å². The third kappa shape index (κ3) is 2.85. The largest absolute Gasteiger partial charge is 0.449 e. The molecule has 0 aliphatic rings. The van der Waals surface area contributed by atoms with Crippen molar-refractivity contribution in [3.8, 4) is 11.5 Å². The quantitative estimate of drug-likeness (QED) is 0.475. The minimum atomic E-state index is -0.517. The van der Waals surface area contributed by atoms with Crippen molar-refractivity contribution in [1.29, 1.82) is 0 Å². The Morgan fingerprint density at radius 3 is 2.65 bits per heavy atom. The van der Waals surface area contributed by atoms with Gasteiger partial charge in [-0.15, -0.1) is 0 Å². The summed E-state index contributed by atoms with van der Waals surface area (Å²) in [5, 5.41) is 11.1. The number of hydrogen-bond acceptors (Lipinski definition) is 4. The number of benzene rings is 2. The van der Waals surface area contributed by atoms with Crippen LogP contribution in [0, 0.1) is 17.0 Å². The lowest BCUT2D eigenvalue weighted by molar-refractivity contribution is -0.385. The Hall–Kier alpha value is -2.21. The van der Waals surface area contributed by atoms with Crippen molar-refractivity contribution >= 4 is 27.9 Å². The Labute approximate surface area is 123 Å². The van der Waals surface area contributed by atoms with Crippen molar-refractivity contribution < 1.29 is 14.5 Å². The number of nitro benzene ring substituents is 1. The maximum absolute atomic E-state index is 11.1. The summed E-state index contributed by atoms with van der Waals surface area (Å²) < 4.78 is 6.18. The summed E-state index contributed by atoms with van der Waals surface area (Å²) >= 11 is 3.21. The second kappa shape index (κ2) is 5.83. The van der Waals surface area contributed by atoms with Crippen LogP contribution in [0.15, 0.2) is 40.9 Å². The lowest BCUT2D eigenvalue weighted by atomic mass is 10.2. The van der Waals surface area contributed by atoms with E-state index in [1.54, 1.807) is 37.3 Å². The maximum Gasteiger partial charge on any atom is 0.312 e. The molecular weight excluding hydrogens is 326 g/mol. The molecule has 0 aromatic heterocycles. The van der Waals surface area contributed by atoms with Gasteiger partial charge in [-0.3, -0.25) is 14.9 Å². The number of hydrogen-bond donors (Lipinski definition) is 0. The molecule has 0 bridgehead atoms. The fraction of sp³-hybridized carbons (Fsp3) is 0.0714. The average molecular weight is 336 g/mol. The second-order valence-electron chi connectivity index (χ2n) is 4.09. The molecule has 0 atom stereocenters. The fourth-order valence-corrected chi connectivity index (χ4v) is 2.32. The number of halogens is 1. The van der Waals surface area contributed by atoms with Gasteiger partial charge in [0.2, 0.25) is 5.75 Å². The van der Waals surface area contributed by atoms with Crippen LogP contribution in [0.3, 0.4) is 0 Å². The molecule has 0 saturated heterocycles. The van der Waals surface area contributed by atoms with Crippen LogP contribution in [0.4, 0.5) is 5.69 Å².